The number of rotatable bonds is 4. The molecule has 17 heavy (non-hydrogen) atoms. The van der Waals surface area contributed by atoms with Gasteiger partial charge in [0.05, 0.1) is 11.5 Å². The van der Waals surface area contributed by atoms with Crippen LogP contribution >= 0.6 is 11.6 Å². The van der Waals surface area contributed by atoms with Crippen LogP contribution < -0.4 is 5.32 Å². The molecule has 2 rings (SSSR count). The molecule has 1 aromatic carbocycles. The summed E-state index contributed by atoms with van der Waals surface area (Å²) in [6.45, 7) is 0.307. The predicted molar refractivity (Wildman–Crippen MR) is 61.8 cm³/mol. The minimum Gasteiger partial charge on any atom is -0.372 e. The third-order valence-electron chi connectivity index (χ3n) is 2.08. The maximum Gasteiger partial charge on any atom is 0.310 e. The van der Waals surface area contributed by atoms with E-state index in [0.717, 1.165) is 0 Å². The van der Waals surface area contributed by atoms with Gasteiger partial charge in [0, 0.05) is 0 Å². The van der Waals surface area contributed by atoms with E-state index in [1.165, 1.54) is 12.4 Å². The largest absolute Gasteiger partial charge is 0.372 e. The third kappa shape index (κ3) is 2.51. The molecule has 0 aliphatic rings. The van der Waals surface area contributed by atoms with Crippen LogP contribution in [0.25, 0.3) is 0 Å². The molecule has 1 heterocycles. The second-order valence-corrected chi connectivity index (χ2v) is 3.59. The second kappa shape index (κ2) is 4.79. The van der Waals surface area contributed by atoms with Crippen molar-refractivity contribution >= 4 is 23.0 Å². The second-order valence-electron chi connectivity index (χ2n) is 3.18. The van der Waals surface area contributed by atoms with Gasteiger partial charge in [-0.15, -0.1) is 0 Å². The van der Waals surface area contributed by atoms with E-state index in [2.05, 4.69) is 20.5 Å². The number of hydrogen-bond donors (Lipinski definition) is 2. The first-order valence-corrected chi connectivity index (χ1v) is 5.07. The Morgan fingerprint density at radius 3 is 3.00 bits per heavy atom. The normalized spacial score (nSPS) is 10.2. The highest BCUT2D eigenvalue weighted by Gasteiger charge is 2.17. The molecular formula is C9H8ClN5O2. The van der Waals surface area contributed by atoms with Gasteiger partial charge in [0.1, 0.15) is 22.9 Å². The van der Waals surface area contributed by atoms with Gasteiger partial charge < -0.3 is 5.32 Å². The molecule has 0 spiro atoms. The van der Waals surface area contributed by atoms with Gasteiger partial charge in [0.25, 0.3) is 0 Å². The van der Waals surface area contributed by atoms with E-state index in [1.54, 1.807) is 12.1 Å². The van der Waals surface area contributed by atoms with Crippen LogP contribution in [0, 0.1) is 10.1 Å². The van der Waals surface area contributed by atoms with Gasteiger partial charge >= 0.3 is 5.69 Å². The van der Waals surface area contributed by atoms with Crippen LogP contribution in [-0.2, 0) is 6.54 Å². The number of nitro benzene ring substituents is 1. The summed E-state index contributed by atoms with van der Waals surface area (Å²) in [5.41, 5.74) is 0.201. The zero-order chi connectivity index (χ0) is 12.3. The van der Waals surface area contributed by atoms with Gasteiger partial charge in [-0.25, -0.2) is 4.98 Å². The number of anilines is 1. The number of aromatic nitrogens is 3. The summed E-state index contributed by atoms with van der Waals surface area (Å²) in [5, 5.41) is 20.1. The van der Waals surface area contributed by atoms with Crippen molar-refractivity contribution in [2.45, 2.75) is 6.54 Å². The maximum absolute atomic E-state index is 10.8. The van der Waals surface area contributed by atoms with E-state index in [9.17, 15) is 10.1 Å². The number of nitrogens with zero attached hydrogens (tertiary/aromatic N) is 3. The van der Waals surface area contributed by atoms with Gasteiger partial charge in [0.15, 0.2) is 0 Å². The van der Waals surface area contributed by atoms with Gasteiger partial charge in [-0.05, 0) is 12.1 Å². The number of H-pyrrole nitrogens is 1. The molecule has 0 saturated heterocycles. The van der Waals surface area contributed by atoms with Crippen molar-refractivity contribution in [3.8, 4) is 0 Å². The first-order chi connectivity index (χ1) is 8.18. The first kappa shape index (κ1) is 11.3. The summed E-state index contributed by atoms with van der Waals surface area (Å²) >= 11 is 5.77. The summed E-state index contributed by atoms with van der Waals surface area (Å²) in [7, 11) is 0. The number of nitrogens with one attached hydrogen (secondary N) is 2. The van der Waals surface area contributed by atoms with Crippen molar-refractivity contribution in [2.75, 3.05) is 5.32 Å². The van der Waals surface area contributed by atoms with E-state index in [4.69, 9.17) is 11.6 Å². The number of nitro groups is 1. The fraction of sp³-hybridized carbons (Fsp3) is 0.111. The molecule has 88 valence electrons. The average molecular weight is 254 g/mol. The van der Waals surface area contributed by atoms with Gasteiger partial charge in [-0.3, -0.25) is 15.2 Å². The van der Waals surface area contributed by atoms with Crippen LogP contribution in [0.4, 0.5) is 11.4 Å². The number of halogens is 1. The van der Waals surface area contributed by atoms with Gasteiger partial charge in [0.2, 0.25) is 0 Å². The van der Waals surface area contributed by atoms with E-state index >= 15 is 0 Å². The molecule has 0 saturated carbocycles. The van der Waals surface area contributed by atoms with Crippen molar-refractivity contribution < 1.29 is 4.92 Å². The fourth-order valence-corrected chi connectivity index (χ4v) is 1.58. The Balaban J connectivity index is 2.21. The topological polar surface area (TPSA) is 96.7 Å². The third-order valence-corrected chi connectivity index (χ3v) is 2.39. The van der Waals surface area contributed by atoms with E-state index in [0.29, 0.717) is 18.1 Å². The molecule has 0 unspecified atom stereocenters. The van der Waals surface area contributed by atoms with Crippen molar-refractivity contribution in [1.29, 1.82) is 0 Å². The molecule has 8 heteroatoms. The monoisotopic (exact) mass is 253 g/mol. The fourth-order valence-electron chi connectivity index (χ4n) is 1.34. The first-order valence-electron chi connectivity index (χ1n) is 4.69. The summed E-state index contributed by atoms with van der Waals surface area (Å²) in [6, 6.07) is 4.69. The molecule has 0 aliphatic heterocycles. The molecule has 0 bridgehead atoms. The summed E-state index contributed by atoms with van der Waals surface area (Å²) in [5.74, 6) is 0.583. The average Bonchev–Trinajstić information content (AvgIpc) is 2.78. The van der Waals surface area contributed by atoms with E-state index in [1.807, 2.05) is 0 Å². The SMILES string of the molecule is O=[N+]([O-])c1c(Cl)cccc1NCc1ncn[nH]1. The Morgan fingerprint density at radius 2 is 2.35 bits per heavy atom. The van der Waals surface area contributed by atoms with Crippen molar-refractivity contribution in [3.05, 3.63) is 45.5 Å². The lowest BCUT2D eigenvalue weighted by Crippen LogP contribution is -2.04. The number of hydrogen-bond acceptors (Lipinski definition) is 5. The lowest BCUT2D eigenvalue weighted by atomic mass is 10.2. The molecule has 1 aromatic heterocycles. The molecule has 2 aromatic rings. The van der Waals surface area contributed by atoms with Crippen LogP contribution in [0.2, 0.25) is 5.02 Å². The molecule has 0 fully saturated rings. The van der Waals surface area contributed by atoms with E-state index < -0.39 is 4.92 Å². The summed E-state index contributed by atoms with van der Waals surface area (Å²) in [4.78, 5) is 14.2. The standard InChI is InChI=1S/C9H8ClN5O2/c10-6-2-1-3-7(9(6)15(16)17)11-4-8-12-5-13-14-8/h1-3,5,11H,4H2,(H,12,13,14). The van der Waals surface area contributed by atoms with Crippen molar-refractivity contribution in [3.63, 3.8) is 0 Å². The van der Waals surface area contributed by atoms with Crippen LogP contribution in [0.3, 0.4) is 0 Å². The lowest BCUT2D eigenvalue weighted by Gasteiger charge is -2.05. The molecule has 0 atom stereocenters. The Kier molecular flexibility index (Phi) is 3.20. The highest BCUT2D eigenvalue weighted by molar-refractivity contribution is 6.33. The number of benzene rings is 1. The quantitative estimate of drug-likeness (QED) is 0.641. The summed E-state index contributed by atoms with van der Waals surface area (Å²) < 4.78 is 0. The van der Waals surface area contributed by atoms with Crippen LogP contribution in [-0.4, -0.2) is 20.1 Å². The van der Waals surface area contributed by atoms with Gasteiger partial charge in [-0.2, -0.15) is 5.10 Å². The predicted octanol–water partition coefficient (Wildman–Crippen LogP) is 1.98. The zero-order valence-electron chi connectivity index (χ0n) is 8.55. The molecule has 7 nitrogen and oxygen atoms in total. The Morgan fingerprint density at radius 1 is 1.53 bits per heavy atom. The Bertz CT molecular complexity index is 528. The van der Waals surface area contributed by atoms with Gasteiger partial charge in [-0.1, -0.05) is 17.7 Å². The Hall–Kier alpha value is -2.15. The number of para-hydroxylation sites is 1. The van der Waals surface area contributed by atoms with Crippen LogP contribution in [0.1, 0.15) is 5.82 Å². The van der Waals surface area contributed by atoms with Crippen LogP contribution in [0.5, 0.6) is 0 Å². The molecule has 0 radical (unpaired) electrons. The van der Waals surface area contributed by atoms with Crippen molar-refractivity contribution in [1.82, 2.24) is 15.2 Å². The lowest BCUT2D eigenvalue weighted by molar-refractivity contribution is -0.383. The van der Waals surface area contributed by atoms with Crippen LogP contribution in [0.15, 0.2) is 24.5 Å². The van der Waals surface area contributed by atoms with E-state index in [-0.39, 0.29) is 10.7 Å². The molecule has 0 aliphatic carbocycles. The minimum atomic E-state index is -0.523. The number of aromatic amines is 1. The minimum absolute atomic E-state index is 0.0950. The molecule has 0 amide bonds. The molecular weight excluding hydrogens is 246 g/mol. The highest BCUT2D eigenvalue weighted by Crippen LogP contribution is 2.32. The zero-order valence-corrected chi connectivity index (χ0v) is 9.31. The molecule has 2 N–H and O–H groups in total. The summed E-state index contributed by atoms with van der Waals surface area (Å²) in [6.07, 6.45) is 1.36. The highest BCUT2D eigenvalue weighted by atomic mass is 35.5. The van der Waals surface area contributed by atoms with Crippen molar-refractivity contribution in [2.24, 2.45) is 0 Å². The Labute approximate surface area is 101 Å². The maximum atomic E-state index is 10.8. The smallest absolute Gasteiger partial charge is 0.310 e.